The first-order valence-corrected chi connectivity index (χ1v) is 6.93. The molecule has 0 aromatic heterocycles. The number of methoxy groups -OCH3 is 1. The van der Waals surface area contributed by atoms with Gasteiger partial charge in [0.2, 0.25) is 0 Å². The summed E-state index contributed by atoms with van der Waals surface area (Å²) in [6.45, 7) is 4.50. The van der Waals surface area contributed by atoms with Crippen LogP contribution in [0.25, 0.3) is 0 Å². The Morgan fingerprint density at radius 3 is 2.40 bits per heavy atom. The zero-order valence-corrected chi connectivity index (χ0v) is 12.1. The molecule has 1 rings (SSSR count). The second-order valence-electron chi connectivity index (χ2n) is 4.31. The van der Waals surface area contributed by atoms with Crippen LogP contribution in [0, 0.1) is 5.82 Å². The fraction of sp³-hybridized carbons (Fsp3) is 0.600. The Morgan fingerprint density at radius 2 is 1.65 bits per heavy atom. The molecule has 0 radical (unpaired) electrons. The lowest BCUT2D eigenvalue weighted by atomic mass is 10.1. The van der Waals surface area contributed by atoms with Crippen molar-refractivity contribution in [1.29, 1.82) is 0 Å². The van der Waals surface area contributed by atoms with E-state index < -0.39 is 0 Å². The molecule has 0 saturated carbocycles. The van der Waals surface area contributed by atoms with Crippen LogP contribution in [-0.4, -0.2) is 53.2 Å². The molecule has 0 aliphatic rings. The quantitative estimate of drug-likeness (QED) is 0.593. The van der Waals surface area contributed by atoms with Crippen molar-refractivity contribution >= 4 is 0 Å². The van der Waals surface area contributed by atoms with Crippen LogP contribution in [0.15, 0.2) is 24.3 Å². The Kier molecular flexibility index (Phi) is 10.0. The van der Waals surface area contributed by atoms with E-state index in [-0.39, 0.29) is 5.82 Å². The summed E-state index contributed by atoms with van der Waals surface area (Å²) >= 11 is 0. The van der Waals surface area contributed by atoms with Crippen molar-refractivity contribution in [3.8, 4) is 0 Å². The summed E-state index contributed by atoms with van der Waals surface area (Å²) in [5, 5.41) is 3.22. The van der Waals surface area contributed by atoms with Crippen molar-refractivity contribution in [3.05, 3.63) is 35.6 Å². The highest BCUT2D eigenvalue weighted by Gasteiger charge is 1.99. The molecule has 1 aromatic rings. The second-order valence-corrected chi connectivity index (χ2v) is 4.31. The Balaban J connectivity index is 1.87. The first-order valence-electron chi connectivity index (χ1n) is 6.93. The van der Waals surface area contributed by atoms with Crippen LogP contribution in [-0.2, 0) is 20.6 Å². The van der Waals surface area contributed by atoms with Crippen LogP contribution in [0.1, 0.15) is 5.56 Å². The maximum absolute atomic E-state index is 13.3. The Bertz CT molecular complexity index is 350. The lowest BCUT2D eigenvalue weighted by Gasteiger charge is -2.07. The van der Waals surface area contributed by atoms with Gasteiger partial charge >= 0.3 is 0 Å². The molecular weight excluding hydrogens is 261 g/mol. The Morgan fingerprint density at radius 1 is 0.950 bits per heavy atom. The van der Waals surface area contributed by atoms with Crippen LogP contribution in [0.5, 0.6) is 0 Å². The first-order chi connectivity index (χ1) is 9.84. The van der Waals surface area contributed by atoms with Crippen molar-refractivity contribution in [3.63, 3.8) is 0 Å². The molecule has 114 valence electrons. The zero-order chi connectivity index (χ0) is 14.5. The molecule has 0 bridgehead atoms. The van der Waals surface area contributed by atoms with Crippen LogP contribution in [0.2, 0.25) is 0 Å². The Hall–Kier alpha value is -1.01. The van der Waals surface area contributed by atoms with Crippen molar-refractivity contribution in [1.82, 2.24) is 5.32 Å². The minimum Gasteiger partial charge on any atom is -0.382 e. The summed E-state index contributed by atoms with van der Waals surface area (Å²) < 4.78 is 28.8. The Labute approximate surface area is 120 Å². The molecule has 0 amide bonds. The van der Waals surface area contributed by atoms with Crippen molar-refractivity contribution < 1.29 is 18.6 Å². The number of benzene rings is 1. The van der Waals surface area contributed by atoms with E-state index in [0.717, 1.165) is 18.7 Å². The summed E-state index contributed by atoms with van der Waals surface area (Å²) in [6.07, 6.45) is 0.687. The highest BCUT2D eigenvalue weighted by atomic mass is 19.1. The van der Waals surface area contributed by atoms with Gasteiger partial charge in [-0.1, -0.05) is 18.2 Å². The fourth-order valence-electron chi connectivity index (χ4n) is 1.66. The van der Waals surface area contributed by atoms with E-state index in [9.17, 15) is 4.39 Å². The van der Waals surface area contributed by atoms with Gasteiger partial charge in [-0.25, -0.2) is 4.39 Å². The van der Waals surface area contributed by atoms with E-state index in [2.05, 4.69) is 5.32 Å². The lowest BCUT2D eigenvalue weighted by molar-refractivity contribution is 0.0256. The molecular formula is C15H24FNO3. The maximum atomic E-state index is 13.3. The number of rotatable bonds is 12. The normalized spacial score (nSPS) is 10.9. The van der Waals surface area contributed by atoms with Gasteiger partial charge in [0, 0.05) is 13.7 Å². The molecule has 5 heteroatoms. The van der Waals surface area contributed by atoms with E-state index in [4.69, 9.17) is 14.2 Å². The summed E-state index contributed by atoms with van der Waals surface area (Å²) in [6, 6.07) is 6.85. The van der Waals surface area contributed by atoms with Crippen molar-refractivity contribution in [2.45, 2.75) is 6.42 Å². The minimum absolute atomic E-state index is 0.140. The highest BCUT2D eigenvalue weighted by Crippen LogP contribution is 2.05. The summed E-state index contributed by atoms with van der Waals surface area (Å²) in [4.78, 5) is 0. The predicted octanol–water partition coefficient (Wildman–Crippen LogP) is 1.64. The molecule has 1 N–H and O–H groups in total. The molecule has 0 atom stereocenters. The van der Waals surface area contributed by atoms with Crippen molar-refractivity contribution in [2.75, 3.05) is 53.2 Å². The number of nitrogens with one attached hydrogen (secondary N) is 1. The van der Waals surface area contributed by atoms with Gasteiger partial charge in [-0.05, 0) is 24.6 Å². The lowest BCUT2D eigenvalue weighted by Crippen LogP contribution is -2.23. The van der Waals surface area contributed by atoms with Gasteiger partial charge < -0.3 is 19.5 Å². The fourth-order valence-corrected chi connectivity index (χ4v) is 1.66. The third-order valence-electron chi connectivity index (χ3n) is 2.76. The molecule has 1 aromatic carbocycles. The summed E-state index contributed by atoms with van der Waals surface area (Å²) in [5.74, 6) is -0.140. The summed E-state index contributed by atoms with van der Waals surface area (Å²) in [5.41, 5.74) is 0.743. The van der Waals surface area contributed by atoms with Crippen LogP contribution in [0.3, 0.4) is 0 Å². The number of halogens is 1. The molecule has 0 saturated heterocycles. The van der Waals surface area contributed by atoms with Gasteiger partial charge in [-0.2, -0.15) is 0 Å². The molecule has 0 aliphatic heterocycles. The van der Waals surface area contributed by atoms with Gasteiger partial charge in [0.1, 0.15) is 5.82 Å². The molecule has 20 heavy (non-hydrogen) atoms. The van der Waals surface area contributed by atoms with E-state index in [0.29, 0.717) is 39.5 Å². The SMILES string of the molecule is COCCOCCOCCNCCc1ccccc1F. The maximum Gasteiger partial charge on any atom is 0.126 e. The average molecular weight is 285 g/mol. The van der Waals surface area contributed by atoms with E-state index in [1.165, 1.54) is 6.07 Å². The second kappa shape index (κ2) is 11.8. The van der Waals surface area contributed by atoms with E-state index >= 15 is 0 Å². The van der Waals surface area contributed by atoms with Gasteiger partial charge in [-0.3, -0.25) is 0 Å². The van der Waals surface area contributed by atoms with E-state index in [1.54, 1.807) is 13.2 Å². The average Bonchev–Trinajstić information content (AvgIpc) is 2.46. The van der Waals surface area contributed by atoms with Gasteiger partial charge in [0.25, 0.3) is 0 Å². The smallest absolute Gasteiger partial charge is 0.126 e. The van der Waals surface area contributed by atoms with Crippen LogP contribution >= 0.6 is 0 Å². The molecule has 0 heterocycles. The highest BCUT2D eigenvalue weighted by molar-refractivity contribution is 5.17. The third kappa shape index (κ3) is 8.22. The van der Waals surface area contributed by atoms with Crippen LogP contribution < -0.4 is 5.32 Å². The topological polar surface area (TPSA) is 39.7 Å². The predicted molar refractivity (Wildman–Crippen MR) is 76.5 cm³/mol. The first kappa shape index (κ1) is 17.0. The van der Waals surface area contributed by atoms with E-state index in [1.807, 2.05) is 12.1 Å². The molecule has 0 unspecified atom stereocenters. The zero-order valence-electron chi connectivity index (χ0n) is 12.1. The third-order valence-corrected chi connectivity index (χ3v) is 2.76. The minimum atomic E-state index is -0.140. The van der Waals surface area contributed by atoms with Crippen LogP contribution in [0.4, 0.5) is 4.39 Å². The number of hydrogen-bond donors (Lipinski definition) is 1. The number of ether oxygens (including phenoxy) is 3. The van der Waals surface area contributed by atoms with Gasteiger partial charge in [0.05, 0.1) is 33.0 Å². The number of hydrogen-bond acceptors (Lipinski definition) is 4. The molecule has 4 nitrogen and oxygen atoms in total. The standard InChI is InChI=1S/C15H24FNO3/c1-18-10-11-20-13-12-19-9-8-17-7-6-14-4-2-3-5-15(14)16/h2-5,17H,6-13H2,1H3. The summed E-state index contributed by atoms with van der Waals surface area (Å²) in [7, 11) is 1.65. The van der Waals surface area contributed by atoms with Gasteiger partial charge in [-0.15, -0.1) is 0 Å². The van der Waals surface area contributed by atoms with Crippen molar-refractivity contribution in [2.24, 2.45) is 0 Å². The molecule has 0 fully saturated rings. The largest absolute Gasteiger partial charge is 0.382 e. The monoisotopic (exact) mass is 285 g/mol. The van der Waals surface area contributed by atoms with Gasteiger partial charge in [0.15, 0.2) is 0 Å². The molecule has 0 spiro atoms. The molecule has 0 aliphatic carbocycles.